The lowest BCUT2D eigenvalue weighted by molar-refractivity contribution is 0.0696. The Morgan fingerprint density at radius 2 is 2.10 bits per heavy atom. The second-order valence-corrected chi connectivity index (χ2v) is 7.56. The third kappa shape index (κ3) is 3.80. The van der Waals surface area contributed by atoms with Crippen LogP contribution in [-0.2, 0) is 15.8 Å². The average molecular weight is 297 g/mol. The van der Waals surface area contributed by atoms with Crippen LogP contribution in [0.25, 0.3) is 0 Å². The van der Waals surface area contributed by atoms with E-state index in [0.29, 0.717) is 12.1 Å². The molecule has 1 aliphatic rings. The van der Waals surface area contributed by atoms with Crippen LogP contribution in [0.15, 0.2) is 24.3 Å². The van der Waals surface area contributed by atoms with Crippen molar-refractivity contribution in [2.45, 2.75) is 31.9 Å². The van der Waals surface area contributed by atoms with Gasteiger partial charge in [0.1, 0.15) is 0 Å². The van der Waals surface area contributed by atoms with Gasteiger partial charge in [0.05, 0.1) is 11.3 Å². The lowest BCUT2D eigenvalue weighted by Crippen LogP contribution is -2.40. The van der Waals surface area contributed by atoms with Crippen molar-refractivity contribution in [1.29, 1.82) is 0 Å². The summed E-state index contributed by atoms with van der Waals surface area (Å²) in [4.78, 5) is 10.9. The highest BCUT2D eigenvalue weighted by molar-refractivity contribution is 7.88. The average Bonchev–Trinajstić information content (AvgIpc) is 2.34. The summed E-state index contributed by atoms with van der Waals surface area (Å²) in [6.07, 6.45) is 3.24. The number of hydrogen-bond donors (Lipinski definition) is 2. The molecule has 0 heterocycles. The molecule has 0 aliphatic heterocycles. The Morgan fingerprint density at radius 3 is 2.65 bits per heavy atom. The van der Waals surface area contributed by atoms with Gasteiger partial charge in [-0.15, -0.1) is 0 Å². The summed E-state index contributed by atoms with van der Waals surface area (Å²) in [7, 11) is -3.43. The van der Waals surface area contributed by atoms with Gasteiger partial charge >= 0.3 is 5.97 Å². The molecule has 0 spiro atoms. The van der Waals surface area contributed by atoms with E-state index >= 15 is 0 Å². The first kappa shape index (κ1) is 15.0. The Balaban J connectivity index is 2.00. The van der Waals surface area contributed by atoms with Gasteiger partial charge < -0.3 is 5.11 Å². The van der Waals surface area contributed by atoms with Gasteiger partial charge in [0.15, 0.2) is 0 Å². The van der Waals surface area contributed by atoms with Crippen molar-refractivity contribution in [2.75, 3.05) is 6.54 Å². The van der Waals surface area contributed by atoms with Crippen molar-refractivity contribution in [3.05, 3.63) is 35.4 Å². The Kier molecular flexibility index (Phi) is 4.15. The van der Waals surface area contributed by atoms with E-state index in [4.69, 9.17) is 5.11 Å². The van der Waals surface area contributed by atoms with Gasteiger partial charge in [-0.1, -0.05) is 25.5 Å². The lowest BCUT2D eigenvalue weighted by atomic mass is 9.71. The van der Waals surface area contributed by atoms with E-state index < -0.39 is 16.0 Å². The molecular formula is C14H19NO4S. The zero-order valence-electron chi connectivity index (χ0n) is 11.4. The molecule has 1 saturated carbocycles. The molecule has 5 nitrogen and oxygen atoms in total. The maximum atomic E-state index is 12.0. The first-order valence-electron chi connectivity index (χ1n) is 6.59. The van der Waals surface area contributed by atoms with Crippen molar-refractivity contribution in [3.63, 3.8) is 0 Å². The van der Waals surface area contributed by atoms with E-state index in [-0.39, 0.29) is 16.7 Å². The standard InChI is InChI=1S/C14H19NO4S/c1-14(6-3-7-14)10-15-20(18,19)9-11-4-2-5-12(8-11)13(16)17/h2,4-5,8,15H,3,6-7,9-10H2,1H3,(H,16,17). The van der Waals surface area contributed by atoms with Crippen molar-refractivity contribution >= 4 is 16.0 Å². The normalized spacial score (nSPS) is 17.4. The number of carboxylic acids is 1. The minimum absolute atomic E-state index is 0.0793. The molecule has 0 radical (unpaired) electrons. The first-order valence-corrected chi connectivity index (χ1v) is 8.25. The maximum absolute atomic E-state index is 12.0. The Bertz CT molecular complexity index is 605. The quantitative estimate of drug-likeness (QED) is 0.841. The topological polar surface area (TPSA) is 83.5 Å². The predicted octanol–water partition coefficient (Wildman–Crippen LogP) is 1.99. The molecule has 0 atom stereocenters. The molecule has 2 rings (SSSR count). The first-order chi connectivity index (χ1) is 9.30. The molecule has 20 heavy (non-hydrogen) atoms. The molecule has 0 amide bonds. The highest BCUT2D eigenvalue weighted by atomic mass is 32.2. The fourth-order valence-corrected chi connectivity index (χ4v) is 3.59. The molecule has 110 valence electrons. The summed E-state index contributed by atoms with van der Waals surface area (Å²) in [5.74, 6) is -1.25. The third-order valence-electron chi connectivity index (χ3n) is 3.81. The SMILES string of the molecule is CC1(CNS(=O)(=O)Cc2cccc(C(=O)O)c2)CCC1. The molecule has 1 aliphatic carbocycles. The second-order valence-electron chi connectivity index (χ2n) is 5.75. The summed E-state index contributed by atoms with van der Waals surface area (Å²) in [6.45, 7) is 2.53. The van der Waals surface area contributed by atoms with Crippen molar-refractivity contribution < 1.29 is 18.3 Å². The van der Waals surface area contributed by atoms with Gasteiger partial charge in [-0.2, -0.15) is 0 Å². The van der Waals surface area contributed by atoms with Gasteiger partial charge in [0, 0.05) is 6.54 Å². The summed E-state index contributed by atoms with van der Waals surface area (Å²) >= 11 is 0. The number of sulfonamides is 1. The van der Waals surface area contributed by atoms with Gasteiger partial charge in [-0.25, -0.2) is 17.9 Å². The zero-order chi connectivity index (χ0) is 14.8. The summed E-state index contributed by atoms with van der Waals surface area (Å²) in [5, 5.41) is 8.89. The largest absolute Gasteiger partial charge is 0.478 e. The molecule has 0 unspecified atom stereocenters. The monoisotopic (exact) mass is 297 g/mol. The molecule has 1 fully saturated rings. The van der Waals surface area contributed by atoms with Crippen LogP contribution >= 0.6 is 0 Å². The second kappa shape index (κ2) is 5.54. The van der Waals surface area contributed by atoms with E-state index in [1.165, 1.54) is 12.1 Å². The number of rotatable bonds is 6. The molecule has 0 saturated heterocycles. The maximum Gasteiger partial charge on any atom is 0.335 e. The number of aromatic carboxylic acids is 1. The van der Waals surface area contributed by atoms with Crippen LogP contribution in [0.3, 0.4) is 0 Å². The van der Waals surface area contributed by atoms with Crippen LogP contribution in [-0.4, -0.2) is 26.0 Å². The molecule has 0 aromatic heterocycles. The molecular weight excluding hydrogens is 278 g/mol. The van der Waals surface area contributed by atoms with E-state index in [0.717, 1.165) is 19.3 Å². The van der Waals surface area contributed by atoms with E-state index in [1.807, 2.05) is 0 Å². The number of hydrogen-bond acceptors (Lipinski definition) is 3. The minimum atomic E-state index is -3.43. The molecule has 0 bridgehead atoms. The summed E-state index contributed by atoms with van der Waals surface area (Å²) in [6, 6.07) is 6.02. The number of benzene rings is 1. The fourth-order valence-electron chi connectivity index (χ4n) is 2.31. The summed E-state index contributed by atoms with van der Waals surface area (Å²) in [5.41, 5.74) is 0.663. The smallest absolute Gasteiger partial charge is 0.335 e. The molecule has 6 heteroatoms. The lowest BCUT2D eigenvalue weighted by Gasteiger charge is -2.38. The van der Waals surface area contributed by atoms with Crippen molar-refractivity contribution in [3.8, 4) is 0 Å². The molecule has 1 aromatic rings. The highest BCUT2D eigenvalue weighted by Crippen LogP contribution is 2.39. The Morgan fingerprint density at radius 1 is 1.40 bits per heavy atom. The Hall–Kier alpha value is -1.40. The van der Waals surface area contributed by atoms with Crippen molar-refractivity contribution in [1.82, 2.24) is 4.72 Å². The van der Waals surface area contributed by atoms with E-state index in [1.54, 1.807) is 12.1 Å². The molecule has 2 N–H and O–H groups in total. The highest BCUT2D eigenvalue weighted by Gasteiger charge is 2.32. The zero-order valence-corrected chi connectivity index (χ0v) is 12.2. The fraction of sp³-hybridized carbons (Fsp3) is 0.500. The van der Waals surface area contributed by atoms with Crippen LogP contribution in [0, 0.1) is 5.41 Å². The van der Waals surface area contributed by atoms with Gasteiger partial charge in [0.25, 0.3) is 0 Å². The van der Waals surface area contributed by atoms with Gasteiger partial charge in [-0.05, 0) is 36.0 Å². The number of carboxylic acid groups (broad SMARTS) is 1. The molecule has 1 aromatic carbocycles. The van der Waals surface area contributed by atoms with E-state index in [2.05, 4.69) is 11.6 Å². The number of carbonyl (C=O) groups is 1. The predicted molar refractivity (Wildman–Crippen MR) is 76.0 cm³/mol. The van der Waals surface area contributed by atoms with Crippen LogP contribution < -0.4 is 4.72 Å². The van der Waals surface area contributed by atoms with Crippen molar-refractivity contribution in [2.24, 2.45) is 5.41 Å². The Labute approximate surface area is 119 Å². The van der Waals surface area contributed by atoms with Crippen LogP contribution in [0.5, 0.6) is 0 Å². The number of nitrogens with one attached hydrogen (secondary N) is 1. The third-order valence-corrected chi connectivity index (χ3v) is 5.11. The van der Waals surface area contributed by atoms with Crippen LogP contribution in [0.4, 0.5) is 0 Å². The van der Waals surface area contributed by atoms with Crippen LogP contribution in [0.1, 0.15) is 42.1 Å². The minimum Gasteiger partial charge on any atom is -0.478 e. The van der Waals surface area contributed by atoms with Gasteiger partial charge in [-0.3, -0.25) is 0 Å². The summed E-state index contributed by atoms with van der Waals surface area (Å²) < 4.78 is 26.6. The van der Waals surface area contributed by atoms with Crippen LogP contribution in [0.2, 0.25) is 0 Å². The van der Waals surface area contributed by atoms with E-state index in [9.17, 15) is 13.2 Å². The van der Waals surface area contributed by atoms with Gasteiger partial charge in [0.2, 0.25) is 10.0 Å².